The first-order chi connectivity index (χ1) is 13.5. The smallest absolute Gasteiger partial charge is 0.273 e. The molecule has 0 saturated carbocycles. The lowest BCUT2D eigenvalue weighted by Crippen LogP contribution is -2.40. The molecule has 0 fully saturated rings. The Morgan fingerprint density at radius 2 is 1.46 bits per heavy atom. The van der Waals surface area contributed by atoms with E-state index < -0.39 is 11.2 Å². The number of benzene rings is 2. The van der Waals surface area contributed by atoms with E-state index in [0.29, 0.717) is 16.1 Å². The molecule has 0 aliphatic carbocycles. The van der Waals surface area contributed by atoms with E-state index in [1.165, 1.54) is 27.5 Å². The van der Waals surface area contributed by atoms with E-state index >= 15 is 0 Å². The average Bonchev–Trinajstić information content (AvgIpc) is 2.71. The molecule has 0 radical (unpaired) electrons. The van der Waals surface area contributed by atoms with Crippen LogP contribution in [0.2, 0.25) is 5.02 Å². The highest BCUT2D eigenvalue weighted by atomic mass is 35.5. The number of hydrogen-bond donors (Lipinski definition) is 0. The van der Waals surface area contributed by atoms with Gasteiger partial charge in [-0.1, -0.05) is 35.9 Å². The van der Waals surface area contributed by atoms with Gasteiger partial charge in [0.15, 0.2) is 0 Å². The Kier molecular flexibility index (Phi) is 4.79. The fraction of sp³-hybridized carbons (Fsp3) is 0.0952. The summed E-state index contributed by atoms with van der Waals surface area (Å²) in [5.41, 5.74) is 0.926. The molecule has 0 amide bonds. The molecular formula is C21H15ClFN3O2. The first kappa shape index (κ1) is 18.1. The van der Waals surface area contributed by atoms with Gasteiger partial charge in [-0.15, -0.1) is 0 Å². The summed E-state index contributed by atoms with van der Waals surface area (Å²) in [5, 5.41) is 0.922. The van der Waals surface area contributed by atoms with Gasteiger partial charge in [0, 0.05) is 11.2 Å². The standard InChI is InChI=1S/C21H15ClFN3O2/c22-16-7-3-14(4-8-16)13-26-20(27)18-2-1-11-24-19(18)25(21(26)28)12-15-5-9-17(23)10-6-15/h1-11H,12-13H2. The van der Waals surface area contributed by atoms with Crippen molar-refractivity contribution in [2.75, 3.05) is 0 Å². The van der Waals surface area contributed by atoms with Crippen molar-refractivity contribution in [3.05, 3.63) is 110 Å². The van der Waals surface area contributed by atoms with Crippen molar-refractivity contribution in [3.8, 4) is 0 Å². The SMILES string of the molecule is O=c1c2cccnc2n(Cc2ccc(F)cc2)c(=O)n1Cc1ccc(Cl)cc1. The molecule has 0 aliphatic heterocycles. The predicted molar refractivity (Wildman–Crippen MR) is 106 cm³/mol. The third-order valence-corrected chi connectivity index (χ3v) is 4.74. The van der Waals surface area contributed by atoms with Crippen molar-refractivity contribution in [2.45, 2.75) is 13.1 Å². The molecule has 2 aromatic heterocycles. The van der Waals surface area contributed by atoms with Crippen LogP contribution in [0.1, 0.15) is 11.1 Å². The fourth-order valence-corrected chi connectivity index (χ4v) is 3.20. The Hall–Kier alpha value is -3.25. The number of nitrogens with zero attached hydrogens (tertiary/aromatic N) is 3. The largest absolute Gasteiger partial charge is 0.333 e. The maximum atomic E-state index is 13.2. The molecule has 0 unspecified atom stereocenters. The van der Waals surface area contributed by atoms with Gasteiger partial charge in [-0.2, -0.15) is 0 Å². The summed E-state index contributed by atoms with van der Waals surface area (Å²) in [6.07, 6.45) is 1.53. The van der Waals surface area contributed by atoms with Gasteiger partial charge in [0.2, 0.25) is 0 Å². The lowest BCUT2D eigenvalue weighted by molar-refractivity contribution is 0.619. The Balaban J connectivity index is 1.88. The zero-order chi connectivity index (χ0) is 19.7. The fourth-order valence-electron chi connectivity index (χ4n) is 3.07. The summed E-state index contributed by atoms with van der Waals surface area (Å²) >= 11 is 5.91. The van der Waals surface area contributed by atoms with Crippen molar-refractivity contribution in [1.82, 2.24) is 14.1 Å². The van der Waals surface area contributed by atoms with Crippen LogP contribution in [-0.2, 0) is 13.1 Å². The van der Waals surface area contributed by atoms with Crippen molar-refractivity contribution >= 4 is 22.6 Å². The summed E-state index contributed by atoms with van der Waals surface area (Å²) < 4.78 is 15.8. The lowest BCUT2D eigenvalue weighted by atomic mass is 10.2. The number of aromatic nitrogens is 3. The van der Waals surface area contributed by atoms with E-state index in [-0.39, 0.29) is 18.9 Å². The van der Waals surface area contributed by atoms with Crippen molar-refractivity contribution in [3.63, 3.8) is 0 Å². The molecule has 0 saturated heterocycles. The summed E-state index contributed by atoms with van der Waals surface area (Å²) in [4.78, 5) is 30.3. The van der Waals surface area contributed by atoms with Gasteiger partial charge in [-0.05, 0) is 47.5 Å². The predicted octanol–water partition coefficient (Wildman–Crippen LogP) is 3.45. The number of hydrogen-bond acceptors (Lipinski definition) is 3. The summed E-state index contributed by atoms with van der Waals surface area (Å²) in [7, 11) is 0. The van der Waals surface area contributed by atoms with E-state index in [0.717, 1.165) is 11.1 Å². The Bertz CT molecular complexity index is 1260. The molecule has 0 atom stereocenters. The van der Waals surface area contributed by atoms with Gasteiger partial charge in [0.05, 0.1) is 18.5 Å². The van der Waals surface area contributed by atoms with Gasteiger partial charge in [0.25, 0.3) is 5.56 Å². The van der Waals surface area contributed by atoms with Gasteiger partial charge in [-0.3, -0.25) is 13.9 Å². The van der Waals surface area contributed by atoms with Gasteiger partial charge >= 0.3 is 5.69 Å². The molecule has 0 bridgehead atoms. The van der Waals surface area contributed by atoms with Crippen LogP contribution in [0.4, 0.5) is 4.39 Å². The minimum absolute atomic E-state index is 0.114. The highest BCUT2D eigenvalue weighted by Gasteiger charge is 2.14. The van der Waals surface area contributed by atoms with E-state index in [1.807, 2.05) is 0 Å². The molecule has 2 aromatic carbocycles. The maximum Gasteiger partial charge on any atom is 0.333 e. The minimum Gasteiger partial charge on any atom is -0.273 e. The first-order valence-corrected chi connectivity index (χ1v) is 8.98. The second-order valence-electron chi connectivity index (χ2n) is 6.39. The van der Waals surface area contributed by atoms with E-state index in [9.17, 15) is 14.0 Å². The number of fused-ring (bicyclic) bond motifs is 1. The van der Waals surface area contributed by atoms with Gasteiger partial charge in [0.1, 0.15) is 11.5 Å². The minimum atomic E-state index is -0.476. The van der Waals surface area contributed by atoms with Gasteiger partial charge < -0.3 is 0 Å². The maximum absolute atomic E-state index is 13.2. The van der Waals surface area contributed by atoms with Gasteiger partial charge in [-0.25, -0.2) is 14.2 Å². The van der Waals surface area contributed by atoms with Crippen molar-refractivity contribution in [1.29, 1.82) is 0 Å². The third kappa shape index (κ3) is 3.46. The Morgan fingerprint density at radius 3 is 2.14 bits per heavy atom. The van der Waals surface area contributed by atoms with Crippen LogP contribution >= 0.6 is 11.6 Å². The van der Waals surface area contributed by atoms with Crippen LogP contribution in [0.3, 0.4) is 0 Å². The first-order valence-electron chi connectivity index (χ1n) is 8.60. The van der Waals surface area contributed by atoms with Crippen LogP contribution in [0.15, 0.2) is 76.4 Å². The average molecular weight is 396 g/mol. The summed E-state index contributed by atoms with van der Waals surface area (Å²) in [5.74, 6) is -0.355. The highest BCUT2D eigenvalue weighted by molar-refractivity contribution is 6.30. The monoisotopic (exact) mass is 395 g/mol. The lowest BCUT2D eigenvalue weighted by Gasteiger charge is -2.13. The third-order valence-electron chi connectivity index (χ3n) is 4.49. The summed E-state index contributed by atoms with van der Waals surface area (Å²) in [6, 6.07) is 16.1. The summed E-state index contributed by atoms with van der Waals surface area (Å²) in [6.45, 7) is 0.288. The van der Waals surface area contributed by atoms with E-state index in [4.69, 9.17) is 11.6 Å². The second-order valence-corrected chi connectivity index (χ2v) is 6.82. The molecule has 5 nitrogen and oxygen atoms in total. The van der Waals surface area contributed by atoms with E-state index in [2.05, 4.69) is 4.98 Å². The molecule has 4 rings (SSSR count). The quantitative estimate of drug-likeness (QED) is 0.532. The van der Waals surface area contributed by atoms with Crippen LogP contribution in [0.5, 0.6) is 0 Å². The molecule has 4 aromatic rings. The molecule has 140 valence electrons. The van der Waals surface area contributed by atoms with Crippen molar-refractivity contribution in [2.24, 2.45) is 0 Å². The highest BCUT2D eigenvalue weighted by Crippen LogP contribution is 2.12. The topological polar surface area (TPSA) is 56.9 Å². The van der Waals surface area contributed by atoms with Crippen LogP contribution in [-0.4, -0.2) is 14.1 Å². The number of rotatable bonds is 4. The van der Waals surface area contributed by atoms with Crippen LogP contribution in [0, 0.1) is 5.82 Å². The molecule has 2 heterocycles. The zero-order valence-corrected chi connectivity index (χ0v) is 15.4. The molecule has 0 N–H and O–H groups in total. The van der Waals surface area contributed by atoms with Crippen molar-refractivity contribution < 1.29 is 4.39 Å². The number of halogens is 2. The molecule has 0 aliphatic rings. The second kappa shape index (κ2) is 7.40. The Morgan fingerprint density at radius 1 is 0.857 bits per heavy atom. The van der Waals surface area contributed by atoms with Crippen LogP contribution < -0.4 is 11.2 Å². The van der Waals surface area contributed by atoms with E-state index in [1.54, 1.807) is 48.5 Å². The normalized spacial score (nSPS) is 11.1. The zero-order valence-electron chi connectivity index (χ0n) is 14.7. The van der Waals surface area contributed by atoms with Crippen LogP contribution in [0.25, 0.3) is 11.0 Å². The molecule has 28 heavy (non-hydrogen) atoms. The number of pyridine rings is 1. The molecule has 7 heteroatoms. The Labute approximate surface area is 164 Å². The molecular weight excluding hydrogens is 381 g/mol. The molecule has 0 spiro atoms.